The minimum absolute atomic E-state index is 0.0392. The van der Waals surface area contributed by atoms with Crippen molar-refractivity contribution in [2.45, 2.75) is 114 Å². The molecule has 6 aliphatic rings. The van der Waals surface area contributed by atoms with Crippen LogP contribution in [0.3, 0.4) is 0 Å². The van der Waals surface area contributed by atoms with Crippen LogP contribution in [0.5, 0.6) is 0 Å². The molecule has 284 valence electrons. The number of imidazole rings is 2. The van der Waals surface area contributed by atoms with E-state index in [1.807, 2.05) is 11.1 Å². The van der Waals surface area contributed by atoms with Gasteiger partial charge in [-0.1, -0.05) is 44.2 Å². The number of carbonyl (C=O) groups is 1. The molecule has 4 fully saturated rings. The highest BCUT2D eigenvalue weighted by molar-refractivity contribution is 5.88. The topological polar surface area (TPSA) is 90.1 Å². The molecule has 2 aliphatic heterocycles. The van der Waals surface area contributed by atoms with Crippen LogP contribution in [-0.2, 0) is 16.0 Å². The Kier molecular flexibility index (Phi) is 7.97. The number of ether oxygens (including phenoxy) is 1. The number of aromatic amines is 2. The molecule has 7 atom stereocenters. The van der Waals surface area contributed by atoms with E-state index in [0.717, 1.165) is 66.6 Å². The van der Waals surface area contributed by atoms with Crippen LogP contribution in [0.2, 0.25) is 0 Å². The lowest BCUT2D eigenvalue weighted by molar-refractivity contribution is -0.145. The average molecular weight is 735 g/mol. The third-order valence-electron chi connectivity index (χ3n) is 14.9. The second-order valence-electron chi connectivity index (χ2n) is 18.2. The maximum absolute atomic E-state index is 13.6. The first-order valence-electron chi connectivity index (χ1n) is 21.3. The van der Waals surface area contributed by atoms with Crippen molar-refractivity contribution in [3.63, 3.8) is 0 Å². The summed E-state index contributed by atoms with van der Waals surface area (Å²) in [5, 5.41) is 0. The lowest BCUT2D eigenvalue weighted by atomic mass is 9.72. The van der Waals surface area contributed by atoms with E-state index in [-0.39, 0.29) is 17.9 Å². The number of fused-ring (bicyclic) bond motifs is 9. The molecule has 2 aromatic heterocycles. The number of methoxy groups -OCH3 is 1. The quantitative estimate of drug-likeness (QED) is 0.166. The monoisotopic (exact) mass is 734 g/mol. The first-order chi connectivity index (χ1) is 26.9. The van der Waals surface area contributed by atoms with Crippen molar-refractivity contribution in [3.8, 4) is 33.5 Å². The van der Waals surface area contributed by atoms with E-state index in [2.05, 4.69) is 78.2 Å². The molecule has 0 spiro atoms. The Bertz CT molecular complexity index is 2340. The Balaban J connectivity index is 0.960. The summed E-state index contributed by atoms with van der Waals surface area (Å²) in [5.74, 6) is 4.88. The Morgan fingerprint density at radius 2 is 1.56 bits per heavy atom. The van der Waals surface area contributed by atoms with Crippen molar-refractivity contribution in [3.05, 3.63) is 82.6 Å². The molecule has 7 unspecified atom stereocenters. The molecule has 5 aromatic rings. The fourth-order valence-electron chi connectivity index (χ4n) is 12.1. The smallest absolute Gasteiger partial charge is 0.252 e. The van der Waals surface area contributed by atoms with Crippen LogP contribution in [0.15, 0.2) is 48.7 Å². The predicted octanol–water partition coefficient (Wildman–Crippen LogP) is 9.80. The van der Waals surface area contributed by atoms with Gasteiger partial charge in [-0.2, -0.15) is 0 Å². The summed E-state index contributed by atoms with van der Waals surface area (Å²) < 4.78 is 5.65. The first kappa shape index (κ1) is 34.0. The van der Waals surface area contributed by atoms with E-state index in [4.69, 9.17) is 14.7 Å². The van der Waals surface area contributed by atoms with Gasteiger partial charge in [0.25, 0.3) is 5.91 Å². The van der Waals surface area contributed by atoms with Gasteiger partial charge in [0.1, 0.15) is 17.8 Å². The molecule has 2 bridgehead atoms. The van der Waals surface area contributed by atoms with E-state index in [9.17, 15) is 4.79 Å². The number of hydrogen-bond donors (Lipinski definition) is 2. The molecule has 2 N–H and O–H groups in total. The number of nitrogens with zero attached hydrogens (tertiary/aromatic N) is 4. The number of benzene rings is 3. The fraction of sp³-hybridized carbons (Fsp3) is 0.511. The normalized spacial score (nSPS) is 27.3. The first-order valence-corrected chi connectivity index (χ1v) is 21.3. The predicted molar refractivity (Wildman–Crippen MR) is 217 cm³/mol. The number of aromatic nitrogens is 4. The van der Waals surface area contributed by atoms with E-state index < -0.39 is 6.10 Å². The molecule has 2 saturated carbocycles. The summed E-state index contributed by atoms with van der Waals surface area (Å²) in [6.45, 7) is 6.00. The fourth-order valence-corrected chi connectivity index (χ4v) is 12.1. The molecule has 11 rings (SSSR count). The number of rotatable bonds is 8. The summed E-state index contributed by atoms with van der Waals surface area (Å²) in [4.78, 5) is 35.5. The minimum atomic E-state index is -0.427. The van der Waals surface area contributed by atoms with E-state index >= 15 is 0 Å². The largest absolute Gasteiger partial charge is 0.371 e. The maximum Gasteiger partial charge on any atom is 0.252 e. The Labute approximate surface area is 324 Å². The summed E-state index contributed by atoms with van der Waals surface area (Å²) in [6, 6.07) is 17.0. The number of H-pyrrole nitrogens is 2. The Hall–Kier alpha value is -4.27. The molecule has 8 nitrogen and oxygen atoms in total. The highest BCUT2D eigenvalue weighted by atomic mass is 16.5. The summed E-state index contributed by atoms with van der Waals surface area (Å²) in [6.07, 6.45) is 13.6. The SMILES string of the molecule is COC(C(=O)N1CCCC1c1ncc(-c2ccc(-c3ccc(-c4ccc5nc(C6CCCN6C)[nH]c5c4)c4c3C3CCC4C3)c3c2CC2CCC32)[nH]1)C(C)C. The van der Waals surface area contributed by atoms with Crippen molar-refractivity contribution >= 4 is 16.9 Å². The van der Waals surface area contributed by atoms with Gasteiger partial charge in [0.2, 0.25) is 0 Å². The average Bonchev–Trinajstić information content (AvgIpc) is 4.03. The molecule has 4 heterocycles. The number of nitrogens with one attached hydrogen (secondary N) is 2. The van der Waals surface area contributed by atoms with Gasteiger partial charge in [0.15, 0.2) is 0 Å². The van der Waals surface area contributed by atoms with Crippen LogP contribution < -0.4 is 0 Å². The van der Waals surface area contributed by atoms with Crippen LogP contribution >= 0.6 is 0 Å². The number of carbonyl (C=O) groups excluding carboxylic acids is 1. The lowest BCUT2D eigenvalue weighted by Gasteiger charge is -2.32. The minimum Gasteiger partial charge on any atom is -0.371 e. The van der Waals surface area contributed by atoms with Crippen molar-refractivity contribution in [1.29, 1.82) is 0 Å². The van der Waals surface area contributed by atoms with Crippen LogP contribution in [0.4, 0.5) is 0 Å². The van der Waals surface area contributed by atoms with Crippen LogP contribution in [0.25, 0.3) is 44.5 Å². The van der Waals surface area contributed by atoms with Gasteiger partial charge in [-0.15, -0.1) is 0 Å². The van der Waals surface area contributed by atoms with Crippen molar-refractivity contribution in [2.24, 2.45) is 11.8 Å². The number of amides is 1. The lowest BCUT2D eigenvalue weighted by Crippen LogP contribution is -2.42. The highest BCUT2D eigenvalue weighted by Crippen LogP contribution is 2.61. The highest BCUT2D eigenvalue weighted by Gasteiger charge is 2.45. The zero-order valence-electron chi connectivity index (χ0n) is 32.8. The van der Waals surface area contributed by atoms with Crippen molar-refractivity contribution in [2.75, 3.05) is 27.2 Å². The molecule has 0 radical (unpaired) electrons. The van der Waals surface area contributed by atoms with E-state index in [1.165, 1.54) is 78.3 Å². The van der Waals surface area contributed by atoms with Crippen LogP contribution in [0.1, 0.15) is 135 Å². The van der Waals surface area contributed by atoms with Gasteiger partial charge in [-0.3, -0.25) is 9.69 Å². The zero-order chi connectivity index (χ0) is 37.1. The van der Waals surface area contributed by atoms with E-state index in [0.29, 0.717) is 23.8 Å². The van der Waals surface area contributed by atoms with Gasteiger partial charge in [0.05, 0.1) is 35.0 Å². The molecule has 4 aliphatic carbocycles. The molecule has 1 amide bonds. The number of hydrogen-bond acceptors (Lipinski definition) is 5. The third kappa shape index (κ3) is 5.19. The van der Waals surface area contributed by atoms with Gasteiger partial charge in [0, 0.05) is 19.2 Å². The van der Waals surface area contributed by atoms with Crippen molar-refractivity contribution < 1.29 is 9.53 Å². The molecular weight excluding hydrogens is 681 g/mol. The van der Waals surface area contributed by atoms with Crippen LogP contribution in [0, 0.1) is 11.8 Å². The summed E-state index contributed by atoms with van der Waals surface area (Å²) >= 11 is 0. The Morgan fingerprint density at radius 3 is 2.31 bits per heavy atom. The van der Waals surface area contributed by atoms with Crippen molar-refractivity contribution in [1.82, 2.24) is 29.7 Å². The second kappa shape index (κ2) is 12.9. The molecular formula is C47H54N6O2. The molecule has 3 aromatic carbocycles. The maximum atomic E-state index is 13.6. The third-order valence-corrected chi connectivity index (χ3v) is 14.9. The Morgan fingerprint density at radius 1 is 0.818 bits per heavy atom. The second-order valence-corrected chi connectivity index (χ2v) is 18.2. The van der Waals surface area contributed by atoms with Gasteiger partial charge >= 0.3 is 0 Å². The number of likely N-dealkylation sites (tertiary alicyclic amines) is 2. The molecule has 8 heteroatoms. The van der Waals surface area contributed by atoms with Crippen LogP contribution in [-0.4, -0.2) is 69.0 Å². The molecule has 55 heavy (non-hydrogen) atoms. The van der Waals surface area contributed by atoms with Gasteiger partial charge in [-0.05, 0) is 164 Å². The standard InChI is InChI=1S/C47H54N6O2/c1-25(2)44(55-4)47(54)53-20-6-8-40(53)45-48-24-38(51-45)32-15-17-34(43-31-13-11-26(31)22-35(32)43)33-16-14-30(41-28-9-10-29(21-28)42(33)41)27-12-18-36-37(23-27)50-46(49-36)39-7-5-19-52(39)3/h12,14-18,23-26,28-29,31,39-40,44H,5-11,13,19-22H2,1-4H3,(H,48,51)(H,49,50). The van der Waals surface area contributed by atoms with E-state index in [1.54, 1.807) is 23.8 Å². The summed E-state index contributed by atoms with van der Waals surface area (Å²) in [5.41, 5.74) is 16.7. The van der Waals surface area contributed by atoms with Gasteiger partial charge in [-0.25, -0.2) is 9.97 Å². The van der Waals surface area contributed by atoms with Gasteiger partial charge < -0.3 is 19.6 Å². The molecule has 2 saturated heterocycles. The summed E-state index contributed by atoms with van der Waals surface area (Å²) in [7, 11) is 3.87. The zero-order valence-corrected chi connectivity index (χ0v) is 32.8.